The Bertz CT molecular complexity index is 769. The van der Waals surface area contributed by atoms with Gasteiger partial charge in [0.2, 0.25) is 5.91 Å². The van der Waals surface area contributed by atoms with Crippen molar-refractivity contribution in [2.24, 2.45) is 0 Å². The van der Waals surface area contributed by atoms with Crippen LogP contribution in [-0.2, 0) is 10.2 Å². The Morgan fingerprint density at radius 2 is 1.83 bits per heavy atom. The standard InChI is InChI=1S/C18H17ClN2O2/c1-20-16(22)12-4-2-7-15(10-12)21-17(23)18(8-9-18)13-5-3-6-14(19)11-13/h2-7,10-11H,8-9H2,1H3,(H,20,22)(H,21,23). The molecular weight excluding hydrogens is 312 g/mol. The first-order valence-electron chi connectivity index (χ1n) is 7.45. The van der Waals surface area contributed by atoms with E-state index in [9.17, 15) is 9.59 Å². The quantitative estimate of drug-likeness (QED) is 0.904. The average Bonchev–Trinajstić information content (AvgIpc) is 3.36. The van der Waals surface area contributed by atoms with Gasteiger partial charge in [-0.25, -0.2) is 0 Å². The van der Waals surface area contributed by atoms with E-state index in [2.05, 4.69) is 10.6 Å². The third-order valence-corrected chi connectivity index (χ3v) is 4.41. The summed E-state index contributed by atoms with van der Waals surface area (Å²) in [5, 5.41) is 6.12. The summed E-state index contributed by atoms with van der Waals surface area (Å²) in [6.07, 6.45) is 1.60. The molecule has 0 atom stereocenters. The first-order chi connectivity index (χ1) is 11.0. The molecule has 0 spiro atoms. The molecule has 0 bridgehead atoms. The maximum absolute atomic E-state index is 12.7. The molecule has 0 heterocycles. The molecule has 118 valence electrons. The molecule has 2 aromatic carbocycles. The normalized spacial score (nSPS) is 14.9. The zero-order chi connectivity index (χ0) is 16.4. The van der Waals surface area contributed by atoms with Gasteiger partial charge in [-0.15, -0.1) is 0 Å². The van der Waals surface area contributed by atoms with Gasteiger partial charge in [0.15, 0.2) is 0 Å². The van der Waals surface area contributed by atoms with Crippen LogP contribution >= 0.6 is 11.6 Å². The van der Waals surface area contributed by atoms with Crippen LogP contribution in [0, 0.1) is 0 Å². The first-order valence-corrected chi connectivity index (χ1v) is 7.83. The van der Waals surface area contributed by atoms with E-state index in [1.165, 1.54) is 0 Å². The second kappa shape index (κ2) is 6.05. The van der Waals surface area contributed by atoms with Crippen molar-refractivity contribution in [3.05, 3.63) is 64.7 Å². The predicted molar refractivity (Wildman–Crippen MR) is 90.8 cm³/mol. The van der Waals surface area contributed by atoms with Crippen LogP contribution in [0.3, 0.4) is 0 Å². The number of benzene rings is 2. The summed E-state index contributed by atoms with van der Waals surface area (Å²) in [7, 11) is 1.58. The third kappa shape index (κ3) is 3.08. The molecule has 1 fully saturated rings. The molecule has 1 saturated carbocycles. The van der Waals surface area contributed by atoms with Gasteiger partial charge in [-0.1, -0.05) is 29.8 Å². The summed E-state index contributed by atoms with van der Waals surface area (Å²) in [4.78, 5) is 24.4. The van der Waals surface area contributed by atoms with Crippen LogP contribution in [-0.4, -0.2) is 18.9 Å². The number of nitrogens with one attached hydrogen (secondary N) is 2. The molecule has 3 rings (SSSR count). The van der Waals surface area contributed by atoms with E-state index in [0.29, 0.717) is 16.3 Å². The highest BCUT2D eigenvalue weighted by atomic mass is 35.5. The topological polar surface area (TPSA) is 58.2 Å². The molecule has 1 aliphatic rings. The van der Waals surface area contributed by atoms with Crippen molar-refractivity contribution in [2.45, 2.75) is 18.3 Å². The largest absolute Gasteiger partial charge is 0.355 e. The summed E-state index contributed by atoms with van der Waals surface area (Å²) >= 11 is 6.04. The van der Waals surface area contributed by atoms with Crippen molar-refractivity contribution in [2.75, 3.05) is 12.4 Å². The third-order valence-electron chi connectivity index (χ3n) is 4.17. The van der Waals surface area contributed by atoms with Gasteiger partial charge in [-0.2, -0.15) is 0 Å². The molecule has 1 aliphatic carbocycles. The second-order valence-electron chi connectivity index (χ2n) is 5.71. The number of carbonyl (C=O) groups excluding carboxylic acids is 2. The van der Waals surface area contributed by atoms with E-state index in [1.54, 1.807) is 37.4 Å². The highest BCUT2D eigenvalue weighted by Gasteiger charge is 2.51. The Morgan fingerprint density at radius 3 is 2.48 bits per heavy atom. The number of amides is 2. The minimum atomic E-state index is -0.506. The Morgan fingerprint density at radius 1 is 1.09 bits per heavy atom. The second-order valence-corrected chi connectivity index (χ2v) is 6.14. The monoisotopic (exact) mass is 328 g/mol. The van der Waals surface area contributed by atoms with Gasteiger partial charge in [-0.3, -0.25) is 9.59 Å². The van der Waals surface area contributed by atoms with Crippen LogP contribution in [0.25, 0.3) is 0 Å². The Labute approximate surface area is 139 Å². The summed E-state index contributed by atoms with van der Waals surface area (Å²) < 4.78 is 0. The van der Waals surface area contributed by atoms with Crippen LogP contribution in [0.5, 0.6) is 0 Å². The number of carbonyl (C=O) groups is 2. The predicted octanol–water partition coefficient (Wildman–Crippen LogP) is 3.37. The summed E-state index contributed by atoms with van der Waals surface area (Å²) in [5.74, 6) is -0.245. The summed E-state index contributed by atoms with van der Waals surface area (Å²) in [5.41, 5.74) is 1.56. The summed E-state index contributed by atoms with van der Waals surface area (Å²) in [6.45, 7) is 0. The van der Waals surface area contributed by atoms with E-state index < -0.39 is 5.41 Å². The highest BCUT2D eigenvalue weighted by molar-refractivity contribution is 6.30. The van der Waals surface area contributed by atoms with E-state index >= 15 is 0 Å². The van der Waals surface area contributed by atoms with E-state index in [0.717, 1.165) is 18.4 Å². The fourth-order valence-electron chi connectivity index (χ4n) is 2.69. The van der Waals surface area contributed by atoms with Crippen molar-refractivity contribution >= 4 is 29.1 Å². The lowest BCUT2D eigenvalue weighted by molar-refractivity contribution is -0.118. The fourth-order valence-corrected chi connectivity index (χ4v) is 2.88. The number of hydrogen-bond donors (Lipinski definition) is 2. The van der Waals surface area contributed by atoms with Gasteiger partial charge < -0.3 is 10.6 Å². The molecule has 0 aromatic heterocycles. The van der Waals surface area contributed by atoms with Gasteiger partial charge >= 0.3 is 0 Å². The number of rotatable bonds is 4. The molecule has 4 nitrogen and oxygen atoms in total. The van der Waals surface area contributed by atoms with Crippen molar-refractivity contribution in [3.63, 3.8) is 0 Å². The van der Waals surface area contributed by atoms with Crippen LogP contribution in [0.4, 0.5) is 5.69 Å². The van der Waals surface area contributed by atoms with Crippen LogP contribution in [0.15, 0.2) is 48.5 Å². The Kier molecular flexibility index (Phi) is 4.09. The minimum Gasteiger partial charge on any atom is -0.355 e. The smallest absolute Gasteiger partial charge is 0.251 e. The summed E-state index contributed by atoms with van der Waals surface area (Å²) in [6, 6.07) is 14.3. The van der Waals surface area contributed by atoms with Gasteiger partial charge in [0.1, 0.15) is 0 Å². The molecule has 23 heavy (non-hydrogen) atoms. The number of anilines is 1. The van der Waals surface area contributed by atoms with Gasteiger partial charge in [0.25, 0.3) is 5.91 Å². The maximum Gasteiger partial charge on any atom is 0.251 e. The molecule has 5 heteroatoms. The zero-order valence-electron chi connectivity index (χ0n) is 12.7. The van der Waals surface area contributed by atoms with E-state index in [-0.39, 0.29) is 11.8 Å². The van der Waals surface area contributed by atoms with Crippen LogP contribution in [0.2, 0.25) is 5.02 Å². The van der Waals surface area contributed by atoms with Crippen molar-refractivity contribution in [1.29, 1.82) is 0 Å². The first kappa shape index (κ1) is 15.6. The molecule has 0 aliphatic heterocycles. The Hall–Kier alpha value is -2.33. The lowest BCUT2D eigenvalue weighted by Crippen LogP contribution is -2.28. The number of halogens is 1. The Balaban J connectivity index is 1.81. The zero-order valence-corrected chi connectivity index (χ0v) is 13.5. The van der Waals surface area contributed by atoms with Crippen molar-refractivity contribution < 1.29 is 9.59 Å². The van der Waals surface area contributed by atoms with Gasteiger partial charge in [0, 0.05) is 23.3 Å². The fraction of sp³-hybridized carbons (Fsp3) is 0.222. The highest BCUT2D eigenvalue weighted by Crippen LogP contribution is 2.49. The SMILES string of the molecule is CNC(=O)c1cccc(NC(=O)C2(c3cccc(Cl)c3)CC2)c1. The van der Waals surface area contributed by atoms with E-state index in [4.69, 9.17) is 11.6 Å². The van der Waals surface area contributed by atoms with Crippen molar-refractivity contribution in [3.8, 4) is 0 Å². The van der Waals surface area contributed by atoms with Crippen LogP contribution in [0.1, 0.15) is 28.8 Å². The minimum absolute atomic E-state index is 0.0613. The molecule has 2 N–H and O–H groups in total. The van der Waals surface area contributed by atoms with Crippen molar-refractivity contribution in [1.82, 2.24) is 5.32 Å². The van der Waals surface area contributed by atoms with E-state index in [1.807, 2.05) is 18.2 Å². The maximum atomic E-state index is 12.7. The average molecular weight is 329 g/mol. The number of hydrogen-bond acceptors (Lipinski definition) is 2. The van der Waals surface area contributed by atoms with Crippen LogP contribution < -0.4 is 10.6 Å². The molecule has 0 radical (unpaired) electrons. The lowest BCUT2D eigenvalue weighted by atomic mass is 9.95. The lowest BCUT2D eigenvalue weighted by Gasteiger charge is -2.16. The van der Waals surface area contributed by atoms with Gasteiger partial charge in [0.05, 0.1) is 5.41 Å². The molecular formula is C18H17ClN2O2. The molecule has 2 amide bonds. The molecule has 2 aromatic rings. The molecule has 0 unspecified atom stereocenters. The molecule has 0 saturated heterocycles. The van der Waals surface area contributed by atoms with Gasteiger partial charge in [-0.05, 0) is 48.7 Å².